The van der Waals surface area contributed by atoms with Crippen LogP contribution in [0.1, 0.15) is 34.6 Å². The Morgan fingerprint density at radius 1 is 0.906 bits per heavy atom. The average molecular weight is 450 g/mol. The van der Waals surface area contributed by atoms with Crippen molar-refractivity contribution in [3.8, 4) is 5.75 Å². The number of fused-ring (bicyclic) bond motifs is 2. The summed E-state index contributed by atoms with van der Waals surface area (Å²) >= 11 is 6.37. The first-order chi connectivity index (χ1) is 15.4. The number of ether oxygens (including phenoxy) is 1. The molecule has 1 aliphatic carbocycles. The molecule has 0 heterocycles. The Balaban J connectivity index is 1.54. The number of nitrogens with zero attached hydrogens (tertiary/aromatic N) is 1. The molecule has 1 atom stereocenters. The molecule has 0 spiro atoms. The zero-order chi connectivity index (χ0) is 22.8. The Hall–Kier alpha value is -3.15. The zero-order valence-electron chi connectivity index (χ0n) is 17.9. The second-order valence-electron chi connectivity index (χ2n) is 8.05. The van der Waals surface area contributed by atoms with Crippen LogP contribution < -0.4 is 4.74 Å². The fourth-order valence-corrected chi connectivity index (χ4v) is 4.23. The topological polar surface area (TPSA) is 66.8 Å². The standard InChI is InChI=1S/C26H24ClNO4/c1-16(2)28(24-23(27)25(30)20-11-5-6-12-21(20)26(24)31)14-18(29)15-32-22-13-7-9-17-8-3-4-10-19(17)22/h3-13,16,18,29H,14-15H2,1-2H3. The van der Waals surface area contributed by atoms with Crippen LogP contribution >= 0.6 is 11.6 Å². The van der Waals surface area contributed by atoms with E-state index in [-0.39, 0.29) is 41.5 Å². The Morgan fingerprint density at radius 3 is 2.25 bits per heavy atom. The fourth-order valence-electron chi connectivity index (χ4n) is 3.94. The molecule has 164 valence electrons. The van der Waals surface area contributed by atoms with Gasteiger partial charge >= 0.3 is 0 Å². The van der Waals surface area contributed by atoms with Crippen molar-refractivity contribution in [2.24, 2.45) is 0 Å². The van der Waals surface area contributed by atoms with Gasteiger partial charge < -0.3 is 14.7 Å². The highest BCUT2D eigenvalue weighted by Gasteiger charge is 2.35. The van der Waals surface area contributed by atoms with Gasteiger partial charge in [0.1, 0.15) is 29.2 Å². The molecule has 1 unspecified atom stereocenters. The number of rotatable bonds is 7. The minimum atomic E-state index is -0.909. The SMILES string of the molecule is CC(C)N(CC(O)COc1cccc2ccccc12)C1=C(Cl)C(=O)c2ccccc2C1=O. The monoisotopic (exact) mass is 449 g/mol. The Labute approximate surface area is 191 Å². The summed E-state index contributed by atoms with van der Waals surface area (Å²) in [5, 5.41) is 12.6. The summed E-state index contributed by atoms with van der Waals surface area (Å²) < 4.78 is 5.90. The summed E-state index contributed by atoms with van der Waals surface area (Å²) in [5.41, 5.74) is 0.744. The van der Waals surface area contributed by atoms with E-state index in [4.69, 9.17) is 16.3 Å². The minimum absolute atomic E-state index is 0.0286. The number of halogens is 1. The molecule has 0 amide bonds. The maximum Gasteiger partial charge on any atom is 0.211 e. The van der Waals surface area contributed by atoms with E-state index in [9.17, 15) is 14.7 Å². The van der Waals surface area contributed by atoms with E-state index < -0.39 is 6.10 Å². The van der Waals surface area contributed by atoms with Crippen molar-refractivity contribution < 1.29 is 19.4 Å². The number of benzene rings is 3. The molecule has 4 rings (SSSR count). The molecule has 1 N–H and O–H groups in total. The number of hydrogen-bond acceptors (Lipinski definition) is 5. The number of Topliss-reactive ketones (excluding diaryl/α,β-unsaturated/α-hetero) is 2. The molecule has 0 fully saturated rings. The molecule has 0 saturated carbocycles. The maximum atomic E-state index is 13.2. The maximum absolute atomic E-state index is 13.2. The first-order valence-corrected chi connectivity index (χ1v) is 10.9. The van der Waals surface area contributed by atoms with Crippen molar-refractivity contribution >= 4 is 33.9 Å². The van der Waals surface area contributed by atoms with Gasteiger partial charge in [-0.05, 0) is 25.3 Å². The summed E-state index contributed by atoms with van der Waals surface area (Å²) in [5.74, 6) is -0.0292. The number of hydrogen-bond donors (Lipinski definition) is 1. The van der Waals surface area contributed by atoms with Crippen molar-refractivity contribution in [2.75, 3.05) is 13.2 Å². The van der Waals surface area contributed by atoms with E-state index in [0.29, 0.717) is 16.9 Å². The van der Waals surface area contributed by atoms with Crippen molar-refractivity contribution in [2.45, 2.75) is 26.0 Å². The van der Waals surface area contributed by atoms with Gasteiger partial charge in [0.25, 0.3) is 0 Å². The number of aliphatic hydroxyl groups excluding tert-OH is 1. The highest BCUT2D eigenvalue weighted by molar-refractivity contribution is 6.49. The summed E-state index contributed by atoms with van der Waals surface area (Å²) in [7, 11) is 0. The van der Waals surface area contributed by atoms with Crippen molar-refractivity contribution in [1.82, 2.24) is 4.90 Å². The number of allylic oxidation sites excluding steroid dienone is 2. The lowest BCUT2D eigenvalue weighted by molar-refractivity contribution is 0.0655. The Bertz CT molecular complexity index is 1210. The van der Waals surface area contributed by atoms with Gasteiger partial charge in [-0.1, -0.05) is 72.3 Å². The molecule has 0 radical (unpaired) electrons. The van der Waals surface area contributed by atoms with Gasteiger partial charge in [0, 0.05) is 29.1 Å². The fraction of sp³-hybridized carbons (Fsp3) is 0.231. The number of carbonyl (C=O) groups is 2. The molecule has 0 bridgehead atoms. The summed E-state index contributed by atoms with van der Waals surface area (Å²) in [6, 6.07) is 20.1. The first kappa shape index (κ1) is 22.1. The van der Waals surface area contributed by atoms with E-state index in [1.54, 1.807) is 29.2 Å². The summed E-state index contributed by atoms with van der Waals surface area (Å²) in [4.78, 5) is 27.6. The van der Waals surface area contributed by atoms with Crippen LogP contribution in [0.2, 0.25) is 0 Å². The molecule has 0 aliphatic heterocycles. The van der Waals surface area contributed by atoms with E-state index in [0.717, 1.165) is 10.8 Å². The lowest BCUT2D eigenvalue weighted by atomic mass is 9.91. The first-order valence-electron chi connectivity index (χ1n) is 10.5. The van der Waals surface area contributed by atoms with Gasteiger partial charge in [0.05, 0.1) is 0 Å². The zero-order valence-corrected chi connectivity index (χ0v) is 18.7. The van der Waals surface area contributed by atoms with Crippen molar-refractivity contribution in [3.05, 3.63) is 88.6 Å². The van der Waals surface area contributed by atoms with Gasteiger partial charge in [-0.15, -0.1) is 0 Å². The second-order valence-corrected chi connectivity index (χ2v) is 8.43. The molecule has 3 aromatic carbocycles. The van der Waals surface area contributed by atoms with Gasteiger partial charge in [0.2, 0.25) is 11.6 Å². The van der Waals surface area contributed by atoms with Gasteiger partial charge in [-0.2, -0.15) is 0 Å². The van der Waals surface area contributed by atoms with E-state index in [1.807, 2.05) is 56.3 Å². The Kier molecular flexibility index (Phi) is 6.31. The molecule has 6 heteroatoms. The van der Waals surface area contributed by atoms with Gasteiger partial charge in [-0.25, -0.2) is 0 Å². The van der Waals surface area contributed by atoms with Gasteiger partial charge in [-0.3, -0.25) is 9.59 Å². The number of ketones is 2. The van der Waals surface area contributed by atoms with Crippen LogP contribution in [0.4, 0.5) is 0 Å². The smallest absolute Gasteiger partial charge is 0.211 e. The van der Waals surface area contributed by atoms with Crippen LogP contribution in [0.3, 0.4) is 0 Å². The van der Waals surface area contributed by atoms with E-state index in [2.05, 4.69) is 0 Å². The van der Waals surface area contributed by atoms with Crippen LogP contribution in [0.5, 0.6) is 5.75 Å². The van der Waals surface area contributed by atoms with Crippen LogP contribution in [-0.2, 0) is 0 Å². The predicted molar refractivity (Wildman–Crippen MR) is 125 cm³/mol. The minimum Gasteiger partial charge on any atom is -0.490 e. The lowest BCUT2D eigenvalue weighted by Crippen LogP contribution is -2.43. The Morgan fingerprint density at radius 2 is 1.53 bits per heavy atom. The summed E-state index contributed by atoms with van der Waals surface area (Å²) in [6.07, 6.45) is -0.909. The molecule has 32 heavy (non-hydrogen) atoms. The van der Waals surface area contributed by atoms with Crippen LogP contribution in [0.15, 0.2) is 77.5 Å². The summed E-state index contributed by atoms with van der Waals surface area (Å²) in [6.45, 7) is 3.89. The second kappa shape index (κ2) is 9.15. The van der Waals surface area contributed by atoms with Gasteiger partial charge in [0.15, 0.2) is 0 Å². The molecule has 0 saturated heterocycles. The average Bonchev–Trinajstić information content (AvgIpc) is 2.80. The molecule has 0 aromatic heterocycles. The molecule has 3 aromatic rings. The third-order valence-electron chi connectivity index (χ3n) is 5.54. The molecule has 5 nitrogen and oxygen atoms in total. The third kappa shape index (κ3) is 4.14. The largest absolute Gasteiger partial charge is 0.490 e. The number of aliphatic hydroxyl groups is 1. The normalized spacial score (nSPS) is 14.7. The highest BCUT2D eigenvalue weighted by Crippen LogP contribution is 2.32. The van der Waals surface area contributed by atoms with Crippen LogP contribution in [0.25, 0.3) is 10.8 Å². The van der Waals surface area contributed by atoms with E-state index >= 15 is 0 Å². The quantitative estimate of drug-likeness (QED) is 0.560. The van der Waals surface area contributed by atoms with E-state index in [1.165, 1.54) is 0 Å². The molecule has 1 aliphatic rings. The van der Waals surface area contributed by atoms with Crippen LogP contribution in [0, 0.1) is 0 Å². The molecular weight excluding hydrogens is 426 g/mol. The third-order valence-corrected chi connectivity index (χ3v) is 5.89. The number of carbonyl (C=O) groups excluding carboxylic acids is 2. The lowest BCUT2D eigenvalue weighted by Gasteiger charge is -2.34. The highest BCUT2D eigenvalue weighted by atomic mass is 35.5. The van der Waals surface area contributed by atoms with Crippen molar-refractivity contribution in [3.63, 3.8) is 0 Å². The molecular formula is C26H24ClNO4. The predicted octanol–water partition coefficient (Wildman–Crippen LogP) is 4.82. The van der Waals surface area contributed by atoms with Crippen LogP contribution in [-0.4, -0.2) is 46.9 Å². The van der Waals surface area contributed by atoms with Crippen molar-refractivity contribution in [1.29, 1.82) is 0 Å².